The first-order valence-electron chi connectivity index (χ1n) is 8.42. The van der Waals surface area contributed by atoms with E-state index < -0.39 is 0 Å². The number of hydrazone groups is 1. The van der Waals surface area contributed by atoms with Gasteiger partial charge in [-0.15, -0.1) is 0 Å². The Hall–Kier alpha value is -2.45. The summed E-state index contributed by atoms with van der Waals surface area (Å²) in [6.45, 7) is 2.39. The predicted octanol–water partition coefficient (Wildman–Crippen LogP) is 4.62. The lowest BCUT2D eigenvalue weighted by atomic mass is 10.1. The molecule has 0 saturated heterocycles. The Bertz CT molecular complexity index is 996. The maximum absolute atomic E-state index is 12.5. The predicted molar refractivity (Wildman–Crippen MR) is 116 cm³/mol. The Morgan fingerprint density at radius 2 is 1.82 bits per heavy atom. The van der Waals surface area contributed by atoms with E-state index in [1.54, 1.807) is 18.0 Å². The van der Waals surface area contributed by atoms with Crippen molar-refractivity contribution in [1.29, 1.82) is 0 Å². The van der Waals surface area contributed by atoms with Crippen LogP contribution in [-0.2, 0) is 6.54 Å². The topological polar surface area (TPSA) is 68.5 Å². The van der Waals surface area contributed by atoms with Crippen LogP contribution in [0, 0.1) is 0 Å². The molecule has 144 valence electrons. The van der Waals surface area contributed by atoms with Gasteiger partial charge in [0, 0.05) is 10.7 Å². The summed E-state index contributed by atoms with van der Waals surface area (Å²) in [5, 5.41) is 8.53. The molecule has 0 radical (unpaired) electrons. The molecule has 1 heterocycles. The zero-order valence-electron chi connectivity index (χ0n) is 15.3. The molecule has 0 atom stereocenters. The van der Waals surface area contributed by atoms with E-state index in [2.05, 4.69) is 47.5 Å². The molecule has 28 heavy (non-hydrogen) atoms. The van der Waals surface area contributed by atoms with Crippen LogP contribution in [-0.4, -0.2) is 28.5 Å². The van der Waals surface area contributed by atoms with Crippen LogP contribution in [0.25, 0.3) is 0 Å². The number of benzene rings is 2. The summed E-state index contributed by atoms with van der Waals surface area (Å²) in [5.74, 6) is 0.384. The highest BCUT2D eigenvalue weighted by molar-refractivity contribution is 9.10. The quantitative estimate of drug-likeness (QED) is 0.392. The second-order valence-electron chi connectivity index (χ2n) is 6.02. The van der Waals surface area contributed by atoms with Crippen LogP contribution >= 0.6 is 31.9 Å². The molecule has 1 aromatic heterocycles. The fourth-order valence-electron chi connectivity index (χ4n) is 2.49. The van der Waals surface area contributed by atoms with Crippen LogP contribution in [0.4, 0.5) is 0 Å². The van der Waals surface area contributed by atoms with Gasteiger partial charge in [0.2, 0.25) is 0 Å². The number of amides is 1. The summed E-state index contributed by atoms with van der Waals surface area (Å²) in [6.07, 6.45) is 1.77. The Morgan fingerprint density at radius 1 is 1.14 bits per heavy atom. The van der Waals surface area contributed by atoms with Crippen molar-refractivity contribution < 1.29 is 9.53 Å². The molecule has 1 amide bonds. The average Bonchev–Trinajstić information content (AvgIpc) is 3.07. The molecule has 8 heteroatoms. The Balaban J connectivity index is 1.68. The molecule has 1 N–H and O–H groups in total. The number of ether oxygens (including phenoxy) is 1. The molecule has 3 rings (SSSR count). The van der Waals surface area contributed by atoms with Crippen molar-refractivity contribution >= 4 is 43.5 Å². The zero-order valence-corrected chi connectivity index (χ0v) is 18.5. The minimum atomic E-state index is -0.380. The molecule has 0 fully saturated rings. The van der Waals surface area contributed by atoms with E-state index in [1.807, 2.05) is 55.5 Å². The minimum absolute atomic E-state index is 0.281. The van der Waals surface area contributed by atoms with Crippen LogP contribution in [0.5, 0.6) is 5.75 Å². The highest BCUT2D eigenvalue weighted by atomic mass is 79.9. The molecule has 0 unspecified atom stereocenters. The fourth-order valence-corrected chi connectivity index (χ4v) is 3.25. The van der Waals surface area contributed by atoms with Gasteiger partial charge in [-0.3, -0.25) is 9.48 Å². The number of aromatic nitrogens is 2. The number of carbonyl (C=O) groups excluding carboxylic acids is 1. The largest absolute Gasteiger partial charge is 0.497 e. The molecular weight excluding hydrogens is 488 g/mol. The number of nitrogens with one attached hydrogen (secondary N) is 1. The molecular formula is C20H18Br2N4O2. The van der Waals surface area contributed by atoms with Gasteiger partial charge in [0.1, 0.15) is 5.75 Å². The van der Waals surface area contributed by atoms with E-state index in [4.69, 9.17) is 4.74 Å². The smallest absolute Gasteiger partial charge is 0.293 e. The van der Waals surface area contributed by atoms with Gasteiger partial charge in [-0.25, -0.2) is 5.43 Å². The molecule has 6 nitrogen and oxygen atoms in total. The van der Waals surface area contributed by atoms with Gasteiger partial charge >= 0.3 is 0 Å². The van der Waals surface area contributed by atoms with Crippen molar-refractivity contribution in [3.63, 3.8) is 0 Å². The van der Waals surface area contributed by atoms with E-state index in [0.29, 0.717) is 16.7 Å². The van der Waals surface area contributed by atoms with Crippen molar-refractivity contribution in [2.45, 2.75) is 13.5 Å². The first kappa shape index (κ1) is 20.3. The number of nitrogens with zero attached hydrogens (tertiary/aromatic N) is 3. The lowest BCUT2D eigenvalue weighted by Crippen LogP contribution is -2.20. The van der Waals surface area contributed by atoms with Crippen LogP contribution in [0.1, 0.15) is 28.5 Å². The van der Waals surface area contributed by atoms with E-state index in [9.17, 15) is 4.79 Å². The lowest BCUT2D eigenvalue weighted by Gasteiger charge is -2.04. The molecule has 0 aliphatic carbocycles. The van der Waals surface area contributed by atoms with Crippen LogP contribution < -0.4 is 10.2 Å². The van der Waals surface area contributed by atoms with Gasteiger partial charge in [-0.2, -0.15) is 10.2 Å². The summed E-state index contributed by atoms with van der Waals surface area (Å²) < 4.78 is 8.48. The fraction of sp³-hybridized carbons (Fsp3) is 0.150. The third-order valence-corrected chi connectivity index (χ3v) is 5.13. The van der Waals surface area contributed by atoms with Gasteiger partial charge in [0.25, 0.3) is 5.91 Å². The van der Waals surface area contributed by atoms with Gasteiger partial charge in [-0.1, -0.05) is 28.1 Å². The Morgan fingerprint density at radius 3 is 2.46 bits per heavy atom. The van der Waals surface area contributed by atoms with Crippen molar-refractivity contribution in [3.8, 4) is 5.75 Å². The first-order valence-corrected chi connectivity index (χ1v) is 10.0. The highest BCUT2D eigenvalue weighted by Crippen LogP contribution is 2.17. The number of rotatable bonds is 6. The molecule has 0 spiro atoms. The molecule has 2 aromatic carbocycles. The third kappa shape index (κ3) is 5.08. The second kappa shape index (κ2) is 9.16. The molecule has 0 saturated carbocycles. The van der Waals surface area contributed by atoms with Gasteiger partial charge < -0.3 is 4.74 Å². The van der Waals surface area contributed by atoms with Crippen LogP contribution in [0.15, 0.2) is 68.8 Å². The number of carbonyl (C=O) groups is 1. The van der Waals surface area contributed by atoms with E-state index in [1.165, 1.54) is 0 Å². The normalized spacial score (nSPS) is 11.4. The van der Waals surface area contributed by atoms with Crippen molar-refractivity contribution in [3.05, 3.63) is 80.5 Å². The maximum atomic E-state index is 12.5. The molecule has 0 aliphatic heterocycles. The van der Waals surface area contributed by atoms with Gasteiger partial charge in [-0.05, 0) is 70.4 Å². The summed E-state index contributed by atoms with van der Waals surface area (Å²) in [6, 6.07) is 15.4. The first-order chi connectivity index (χ1) is 13.5. The zero-order chi connectivity index (χ0) is 20.1. The standard InChI is InChI=1S/C20H18Br2N4O2/c1-13(15-5-9-17(28-2)10-6-15)23-24-20(27)19-18(22)12-26(25-19)11-14-3-7-16(21)8-4-14/h3-10,12H,11H2,1-2H3,(H,24,27)/b23-13+. The van der Waals surface area contributed by atoms with Crippen LogP contribution in [0.2, 0.25) is 0 Å². The SMILES string of the molecule is COc1ccc(/C(C)=N/NC(=O)c2nn(Cc3ccc(Br)cc3)cc2Br)cc1. The van der Waals surface area contributed by atoms with Crippen molar-refractivity contribution in [2.24, 2.45) is 5.10 Å². The van der Waals surface area contributed by atoms with Crippen LogP contribution in [0.3, 0.4) is 0 Å². The summed E-state index contributed by atoms with van der Waals surface area (Å²) in [4.78, 5) is 12.5. The second-order valence-corrected chi connectivity index (χ2v) is 7.79. The monoisotopic (exact) mass is 504 g/mol. The summed E-state index contributed by atoms with van der Waals surface area (Å²) >= 11 is 6.81. The Labute approximate surface area is 179 Å². The van der Waals surface area contributed by atoms with E-state index in [-0.39, 0.29) is 11.6 Å². The highest BCUT2D eigenvalue weighted by Gasteiger charge is 2.15. The number of methoxy groups -OCH3 is 1. The van der Waals surface area contributed by atoms with Crippen molar-refractivity contribution in [1.82, 2.24) is 15.2 Å². The molecule has 0 bridgehead atoms. The average molecular weight is 506 g/mol. The summed E-state index contributed by atoms with van der Waals surface area (Å²) in [7, 11) is 1.61. The number of hydrogen-bond acceptors (Lipinski definition) is 4. The molecule has 0 aliphatic rings. The molecule has 3 aromatic rings. The number of hydrogen-bond donors (Lipinski definition) is 1. The van der Waals surface area contributed by atoms with E-state index in [0.717, 1.165) is 21.3 Å². The van der Waals surface area contributed by atoms with Crippen molar-refractivity contribution in [2.75, 3.05) is 7.11 Å². The van der Waals surface area contributed by atoms with E-state index >= 15 is 0 Å². The summed E-state index contributed by atoms with van der Waals surface area (Å²) in [5.41, 5.74) is 5.49. The third-order valence-electron chi connectivity index (χ3n) is 4.02. The minimum Gasteiger partial charge on any atom is -0.497 e. The van der Waals surface area contributed by atoms with Gasteiger partial charge in [0.15, 0.2) is 5.69 Å². The Kier molecular flexibility index (Phi) is 6.64. The van der Waals surface area contributed by atoms with Gasteiger partial charge in [0.05, 0.1) is 23.8 Å². The number of halogens is 2. The maximum Gasteiger partial charge on any atom is 0.293 e. The lowest BCUT2D eigenvalue weighted by molar-refractivity contribution is 0.0948.